The van der Waals surface area contributed by atoms with Gasteiger partial charge in [-0.25, -0.2) is 0 Å². The van der Waals surface area contributed by atoms with Crippen LogP contribution in [0, 0.1) is 0 Å². The van der Waals surface area contributed by atoms with Crippen LogP contribution in [0.5, 0.6) is 0 Å². The molecule has 0 aromatic carbocycles. The second-order valence-electron chi connectivity index (χ2n) is 1.57. The molecule has 0 saturated heterocycles. The van der Waals surface area contributed by atoms with Crippen molar-refractivity contribution >= 4 is 153 Å². The summed E-state index contributed by atoms with van der Waals surface area (Å²) in [6, 6.07) is 0. The number of hydrogen-bond acceptors (Lipinski definition) is 4. The fourth-order valence-corrected chi connectivity index (χ4v) is 0. The van der Waals surface area contributed by atoms with Crippen LogP contribution in [0.4, 0.5) is 0 Å². The maximum atomic E-state index is 9.77. The Balaban J connectivity index is -0.000000180. The Kier molecular flexibility index (Phi) is 15.8. The summed E-state index contributed by atoms with van der Waals surface area (Å²) in [6.07, 6.45) is 0. The maximum Gasteiger partial charge on any atom is 2.00 e. The van der Waals surface area contributed by atoms with Gasteiger partial charge in [0.1, 0.15) is 0 Å². The van der Waals surface area contributed by atoms with Crippen molar-refractivity contribution in [1.29, 1.82) is 0 Å². The molecule has 0 N–H and O–H groups in total. The number of carboxylic acid groups (broad SMARTS) is 2. The molecule has 0 aliphatic heterocycles. The summed E-state index contributed by atoms with van der Waals surface area (Å²) >= 11 is 16.3. The minimum atomic E-state index is -1.26. The van der Waals surface area contributed by atoms with Crippen molar-refractivity contribution in [2.24, 2.45) is 0 Å². The largest absolute Gasteiger partial charge is 2.00 e. The molecule has 0 aromatic heterocycles. The third-order valence-corrected chi connectivity index (χ3v) is 2.41. The van der Waals surface area contributed by atoms with Gasteiger partial charge in [0, 0.05) is 0 Å². The maximum absolute atomic E-state index is 9.77. The summed E-state index contributed by atoms with van der Waals surface area (Å²) < 4.78 is -2.51. The van der Waals surface area contributed by atoms with E-state index < -0.39 is 16.2 Å². The smallest absolute Gasteiger partial charge is 0.547 e. The predicted octanol–water partition coefficient (Wildman–Crippen LogP) is 0.769. The molecule has 0 radical (unpaired) electrons. The van der Waals surface area contributed by atoms with E-state index in [0.29, 0.717) is 0 Å². The van der Waals surface area contributed by atoms with Gasteiger partial charge in [0.2, 0.25) is 0 Å². The standard InChI is InChI=1S/2C2HBr3O2.Sr/c2*3-2(4,5)1(6)7;/h2*(H,6,7);/q;;+2/p-2. The molecule has 0 unspecified atom stereocenters. The summed E-state index contributed by atoms with van der Waals surface area (Å²) in [5.74, 6) is -2.51. The molecular weight excluding hydrogens is 679 g/mol. The molecule has 0 atom stereocenters. The van der Waals surface area contributed by atoms with Crippen molar-refractivity contribution in [2.75, 3.05) is 0 Å². The molecule has 0 heterocycles. The van der Waals surface area contributed by atoms with Crippen molar-refractivity contribution in [1.82, 2.24) is 0 Å². The van der Waals surface area contributed by atoms with E-state index in [9.17, 15) is 19.8 Å². The number of aliphatic carboxylic acids is 2. The minimum absolute atomic E-state index is 0. The van der Waals surface area contributed by atoms with Gasteiger partial charge in [0.15, 0.2) is 4.29 Å². The van der Waals surface area contributed by atoms with E-state index in [1.54, 1.807) is 0 Å². The Labute approximate surface area is 173 Å². The zero-order chi connectivity index (χ0) is 12.2. The average molecular weight is 679 g/mol. The van der Waals surface area contributed by atoms with Crippen molar-refractivity contribution < 1.29 is 19.8 Å². The third-order valence-electron chi connectivity index (χ3n) is 0.463. The number of hydrogen-bond donors (Lipinski definition) is 0. The van der Waals surface area contributed by atoms with Crippen LogP contribution in [0.1, 0.15) is 0 Å². The number of halogens is 6. The van der Waals surface area contributed by atoms with Gasteiger partial charge in [-0.2, -0.15) is 0 Å². The molecule has 11 heteroatoms. The van der Waals surface area contributed by atoms with E-state index in [2.05, 4.69) is 95.6 Å². The van der Waals surface area contributed by atoms with Crippen LogP contribution in [0.15, 0.2) is 0 Å². The summed E-state index contributed by atoms with van der Waals surface area (Å²) in [4.78, 5) is 19.5. The molecule has 4 nitrogen and oxygen atoms in total. The number of alkyl halides is 6. The molecular formula is C4Br6O4Sr. The van der Waals surface area contributed by atoms with Gasteiger partial charge in [-0.05, 0) is 0 Å². The van der Waals surface area contributed by atoms with Gasteiger partial charge in [-0.15, -0.1) is 0 Å². The van der Waals surface area contributed by atoms with Crippen LogP contribution in [-0.2, 0) is 9.59 Å². The topological polar surface area (TPSA) is 80.3 Å². The van der Waals surface area contributed by atoms with Crippen molar-refractivity contribution in [3.63, 3.8) is 0 Å². The molecule has 15 heavy (non-hydrogen) atoms. The molecule has 0 bridgehead atoms. The first kappa shape index (κ1) is 23.4. The second-order valence-corrected chi connectivity index (χ2v) is 15.1. The normalized spacial score (nSPS) is 10.5. The quantitative estimate of drug-likeness (QED) is 0.280. The van der Waals surface area contributed by atoms with E-state index in [4.69, 9.17) is 0 Å². The Morgan fingerprint density at radius 3 is 0.800 bits per heavy atom. The summed E-state index contributed by atoms with van der Waals surface area (Å²) in [7, 11) is 0. The van der Waals surface area contributed by atoms with Gasteiger partial charge >= 0.3 is 45.5 Å². The third kappa shape index (κ3) is 17.3. The number of rotatable bonds is 0. The zero-order valence-electron chi connectivity index (χ0n) is 6.61. The van der Waals surface area contributed by atoms with Crippen LogP contribution < -0.4 is 10.2 Å². The minimum Gasteiger partial charge on any atom is -0.547 e. The van der Waals surface area contributed by atoms with Crippen LogP contribution in [0.25, 0.3) is 0 Å². The molecule has 0 spiro atoms. The molecule has 0 saturated carbocycles. The van der Waals surface area contributed by atoms with Gasteiger partial charge in [0.25, 0.3) is 0 Å². The predicted molar refractivity (Wildman–Crippen MR) is 74.8 cm³/mol. The van der Waals surface area contributed by atoms with Crippen LogP contribution >= 0.6 is 95.6 Å². The van der Waals surface area contributed by atoms with Crippen LogP contribution in [0.2, 0.25) is 0 Å². The molecule has 84 valence electrons. The van der Waals surface area contributed by atoms with Gasteiger partial charge in [-0.3, -0.25) is 0 Å². The van der Waals surface area contributed by atoms with E-state index in [-0.39, 0.29) is 45.5 Å². The molecule has 0 rings (SSSR count). The fourth-order valence-electron chi connectivity index (χ4n) is 0. The summed E-state index contributed by atoms with van der Waals surface area (Å²) in [5.41, 5.74) is 0. The van der Waals surface area contributed by atoms with Crippen LogP contribution in [0.3, 0.4) is 0 Å². The first-order chi connectivity index (χ1) is 5.89. The van der Waals surface area contributed by atoms with Crippen molar-refractivity contribution in [3.8, 4) is 0 Å². The summed E-state index contributed by atoms with van der Waals surface area (Å²) in [5, 5.41) is 19.5. The van der Waals surface area contributed by atoms with E-state index in [1.165, 1.54) is 0 Å². The Bertz CT molecular complexity index is 196. The van der Waals surface area contributed by atoms with Gasteiger partial charge in [-0.1, -0.05) is 95.6 Å². The Morgan fingerprint density at radius 2 is 0.800 bits per heavy atom. The van der Waals surface area contributed by atoms with E-state index in [1.807, 2.05) is 0 Å². The number of carbonyl (C=O) groups excluding carboxylic acids is 2. The van der Waals surface area contributed by atoms with E-state index >= 15 is 0 Å². The van der Waals surface area contributed by atoms with Crippen LogP contribution in [-0.4, -0.2) is 61.7 Å². The number of carbonyl (C=O) groups is 2. The molecule has 0 fully saturated rings. The molecule has 0 amide bonds. The average Bonchev–Trinajstić information content (AvgIpc) is 1.83. The Hall–Kier alpha value is 3.30. The zero-order valence-corrected chi connectivity index (χ0v) is 19.6. The number of carboxylic acids is 2. The van der Waals surface area contributed by atoms with Crippen molar-refractivity contribution in [2.45, 2.75) is 4.29 Å². The second kappa shape index (κ2) is 10.1. The van der Waals surface area contributed by atoms with Gasteiger partial charge < -0.3 is 19.8 Å². The fraction of sp³-hybridized carbons (Fsp3) is 0.500. The molecule has 0 aromatic rings. The summed E-state index contributed by atoms with van der Waals surface area (Å²) in [6.45, 7) is 0. The van der Waals surface area contributed by atoms with E-state index in [0.717, 1.165) is 0 Å². The Morgan fingerprint density at radius 1 is 0.733 bits per heavy atom. The van der Waals surface area contributed by atoms with Crippen molar-refractivity contribution in [3.05, 3.63) is 0 Å². The first-order valence-corrected chi connectivity index (χ1v) is 7.21. The molecule has 0 aliphatic carbocycles. The SMILES string of the molecule is O=C([O-])C(Br)(Br)Br.O=C([O-])C(Br)(Br)Br.[Sr+2]. The molecule has 0 aliphatic rings. The monoisotopic (exact) mass is 673 g/mol. The first-order valence-electron chi connectivity index (χ1n) is 2.45. The van der Waals surface area contributed by atoms with Gasteiger partial charge in [0.05, 0.1) is 11.9 Å².